The first kappa shape index (κ1) is 15.5. The van der Waals surface area contributed by atoms with Crippen LogP contribution in [-0.2, 0) is 9.53 Å². The first-order valence-corrected chi connectivity index (χ1v) is 5.95. The van der Waals surface area contributed by atoms with E-state index in [1.165, 1.54) is 6.07 Å². The van der Waals surface area contributed by atoms with Gasteiger partial charge in [0.1, 0.15) is 12.1 Å². The van der Waals surface area contributed by atoms with Crippen molar-refractivity contribution in [1.29, 1.82) is 5.26 Å². The molecule has 0 saturated carbocycles. The molecule has 1 amide bonds. The summed E-state index contributed by atoms with van der Waals surface area (Å²) in [7, 11) is 0. The molecule has 0 unspecified atom stereocenters. The van der Waals surface area contributed by atoms with Crippen molar-refractivity contribution in [3.8, 4) is 6.07 Å². The Bertz CT molecular complexity index is 555. The van der Waals surface area contributed by atoms with E-state index in [4.69, 9.17) is 15.1 Å². The molecule has 6 nitrogen and oxygen atoms in total. The molecule has 0 fully saturated rings. The van der Waals surface area contributed by atoms with E-state index in [1.54, 1.807) is 39.0 Å². The summed E-state index contributed by atoms with van der Waals surface area (Å²) in [6.07, 6.45) is -0.769. The molecule has 0 bridgehead atoms. The molecule has 20 heavy (non-hydrogen) atoms. The monoisotopic (exact) mass is 276 g/mol. The number of anilines is 1. The van der Waals surface area contributed by atoms with Gasteiger partial charge in [0.15, 0.2) is 0 Å². The fourth-order valence-electron chi connectivity index (χ4n) is 1.46. The number of benzene rings is 1. The highest BCUT2D eigenvalue weighted by molar-refractivity contribution is 5.93. The molecular weight excluding hydrogens is 260 g/mol. The number of hydrogen-bond acceptors (Lipinski definition) is 4. The van der Waals surface area contributed by atoms with E-state index in [0.717, 1.165) is 4.90 Å². The molecule has 1 aromatic carbocycles. The third-order valence-corrected chi connectivity index (χ3v) is 2.19. The number of rotatable bonds is 3. The molecule has 0 atom stereocenters. The lowest BCUT2D eigenvalue weighted by Crippen LogP contribution is -2.40. The molecule has 0 aliphatic rings. The van der Waals surface area contributed by atoms with Crippen molar-refractivity contribution in [3.63, 3.8) is 0 Å². The summed E-state index contributed by atoms with van der Waals surface area (Å²) < 4.78 is 5.17. The number of carbonyl (C=O) groups is 2. The predicted molar refractivity (Wildman–Crippen MR) is 72.4 cm³/mol. The maximum atomic E-state index is 12.1. The van der Waals surface area contributed by atoms with Gasteiger partial charge in [0.05, 0.1) is 11.6 Å². The molecule has 0 aliphatic heterocycles. The van der Waals surface area contributed by atoms with E-state index < -0.39 is 24.2 Å². The summed E-state index contributed by atoms with van der Waals surface area (Å²) in [5, 5.41) is 17.8. The van der Waals surface area contributed by atoms with Gasteiger partial charge in [-0.25, -0.2) is 4.79 Å². The van der Waals surface area contributed by atoms with Gasteiger partial charge in [-0.15, -0.1) is 0 Å². The van der Waals surface area contributed by atoms with Gasteiger partial charge in [0, 0.05) is 5.69 Å². The molecule has 1 N–H and O–H groups in total. The summed E-state index contributed by atoms with van der Waals surface area (Å²) in [5.41, 5.74) is -0.0946. The van der Waals surface area contributed by atoms with Gasteiger partial charge in [0.25, 0.3) is 0 Å². The summed E-state index contributed by atoms with van der Waals surface area (Å²) >= 11 is 0. The highest BCUT2D eigenvalue weighted by Gasteiger charge is 2.25. The number of aliphatic carboxylic acids is 1. The van der Waals surface area contributed by atoms with Crippen LogP contribution < -0.4 is 4.90 Å². The minimum atomic E-state index is -1.17. The number of carbonyl (C=O) groups excluding carboxylic acids is 1. The van der Waals surface area contributed by atoms with Crippen molar-refractivity contribution >= 4 is 17.7 Å². The molecule has 0 spiro atoms. The van der Waals surface area contributed by atoms with Crippen LogP contribution in [0.15, 0.2) is 24.3 Å². The van der Waals surface area contributed by atoms with Gasteiger partial charge in [-0.2, -0.15) is 5.26 Å². The van der Waals surface area contributed by atoms with E-state index in [9.17, 15) is 9.59 Å². The second-order valence-electron chi connectivity index (χ2n) is 5.12. The zero-order valence-corrected chi connectivity index (χ0v) is 11.6. The average molecular weight is 276 g/mol. The molecule has 1 rings (SSSR count). The Morgan fingerprint density at radius 1 is 1.40 bits per heavy atom. The molecule has 0 radical (unpaired) electrons. The number of hydrogen-bond donors (Lipinski definition) is 1. The van der Waals surface area contributed by atoms with Crippen LogP contribution in [0.25, 0.3) is 0 Å². The van der Waals surface area contributed by atoms with Crippen LogP contribution in [0.4, 0.5) is 10.5 Å². The topological polar surface area (TPSA) is 90.6 Å². The van der Waals surface area contributed by atoms with Crippen molar-refractivity contribution in [1.82, 2.24) is 0 Å². The summed E-state index contributed by atoms with van der Waals surface area (Å²) in [6, 6.07) is 8.07. The summed E-state index contributed by atoms with van der Waals surface area (Å²) in [6.45, 7) is 4.53. The second kappa shape index (κ2) is 6.06. The zero-order chi connectivity index (χ0) is 15.3. The summed E-state index contributed by atoms with van der Waals surface area (Å²) in [4.78, 5) is 23.9. The van der Waals surface area contributed by atoms with Gasteiger partial charge in [0.2, 0.25) is 0 Å². The average Bonchev–Trinajstić information content (AvgIpc) is 2.33. The molecule has 0 heterocycles. The van der Waals surface area contributed by atoms with Crippen LogP contribution in [-0.4, -0.2) is 29.3 Å². The van der Waals surface area contributed by atoms with Gasteiger partial charge in [-0.3, -0.25) is 9.69 Å². The molecule has 106 valence electrons. The van der Waals surface area contributed by atoms with Gasteiger partial charge in [-0.05, 0) is 39.0 Å². The Balaban J connectivity index is 3.08. The van der Waals surface area contributed by atoms with E-state index in [0.29, 0.717) is 11.3 Å². The number of nitrogens with zero attached hydrogens (tertiary/aromatic N) is 2. The van der Waals surface area contributed by atoms with Gasteiger partial charge >= 0.3 is 12.1 Å². The first-order valence-electron chi connectivity index (χ1n) is 5.95. The van der Waals surface area contributed by atoms with Crippen molar-refractivity contribution in [2.75, 3.05) is 11.4 Å². The fourth-order valence-corrected chi connectivity index (χ4v) is 1.46. The smallest absolute Gasteiger partial charge is 0.415 e. The maximum Gasteiger partial charge on any atom is 0.415 e. The van der Waals surface area contributed by atoms with E-state index in [1.807, 2.05) is 6.07 Å². The Morgan fingerprint density at radius 3 is 2.55 bits per heavy atom. The van der Waals surface area contributed by atoms with Crippen LogP contribution in [0.1, 0.15) is 26.3 Å². The quantitative estimate of drug-likeness (QED) is 0.915. The van der Waals surface area contributed by atoms with Crippen LogP contribution in [0.2, 0.25) is 0 Å². The third-order valence-electron chi connectivity index (χ3n) is 2.19. The molecule has 1 aromatic rings. The normalized spacial score (nSPS) is 10.5. The Labute approximate surface area is 117 Å². The largest absolute Gasteiger partial charge is 0.480 e. The van der Waals surface area contributed by atoms with Gasteiger partial charge < -0.3 is 9.84 Å². The number of carboxylic acids is 1. The first-order chi connectivity index (χ1) is 9.23. The minimum Gasteiger partial charge on any atom is -0.480 e. The van der Waals surface area contributed by atoms with Crippen molar-refractivity contribution < 1.29 is 19.4 Å². The number of nitriles is 1. The lowest BCUT2D eigenvalue weighted by Gasteiger charge is -2.26. The van der Waals surface area contributed by atoms with Gasteiger partial charge in [-0.1, -0.05) is 6.07 Å². The highest BCUT2D eigenvalue weighted by atomic mass is 16.6. The lowest BCUT2D eigenvalue weighted by molar-refractivity contribution is -0.135. The fraction of sp³-hybridized carbons (Fsp3) is 0.357. The molecule has 6 heteroatoms. The van der Waals surface area contributed by atoms with Crippen LogP contribution in [0.3, 0.4) is 0 Å². The second-order valence-corrected chi connectivity index (χ2v) is 5.12. The Morgan fingerprint density at radius 2 is 2.05 bits per heavy atom. The third kappa shape index (κ3) is 4.61. The molecule has 0 saturated heterocycles. The molecular formula is C14H16N2O4. The van der Waals surface area contributed by atoms with Crippen LogP contribution >= 0.6 is 0 Å². The van der Waals surface area contributed by atoms with Crippen molar-refractivity contribution in [2.45, 2.75) is 26.4 Å². The number of carboxylic acid groups (broad SMARTS) is 1. The number of ether oxygens (including phenoxy) is 1. The molecule has 0 aliphatic carbocycles. The predicted octanol–water partition coefficient (Wildman–Crippen LogP) is 2.38. The Hall–Kier alpha value is -2.55. The van der Waals surface area contributed by atoms with E-state index in [-0.39, 0.29) is 0 Å². The minimum absolute atomic E-state index is 0.306. The van der Waals surface area contributed by atoms with Crippen LogP contribution in [0, 0.1) is 11.3 Å². The maximum absolute atomic E-state index is 12.1. The van der Waals surface area contributed by atoms with E-state index in [2.05, 4.69) is 0 Å². The highest BCUT2D eigenvalue weighted by Crippen LogP contribution is 2.19. The standard InChI is InChI=1S/C14H16N2O4/c1-14(2,3)20-13(19)16(9-12(17)18)11-6-4-5-10(7-11)8-15/h4-7H,9H2,1-3H3,(H,17,18). The van der Waals surface area contributed by atoms with Crippen molar-refractivity contribution in [3.05, 3.63) is 29.8 Å². The Kier molecular flexibility index (Phi) is 4.70. The number of amides is 1. The van der Waals surface area contributed by atoms with Crippen molar-refractivity contribution in [2.24, 2.45) is 0 Å². The van der Waals surface area contributed by atoms with Crippen LogP contribution in [0.5, 0.6) is 0 Å². The molecule has 0 aromatic heterocycles. The van der Waals surface area contributed by atoms with E-state index >= 15 is 0 Å². The lowest BCUT2D eigenvalue weighted by atomic mass is 10.2. The SMILES string of the molecule is CC(C)(C)OC(=O)N(CC(=O)O)c1cccc(C#N)c1. The zero-order valence-electron chi connectivity index (χ0n) is 11.6. The summed E-state index contributed by atoms with van der Waals surface area (Å²) in [5.74, 6) is -1.17.